The van der Waals surface area contributed by atoms with Gasteiger partial charge in [-0.05, 0) is 32.1 Å². The Morgan fingerprint density at radius 3 is 2.21 bits per heavy atom. The molecule has 0 aliphatic rings. The minimum absolute atomic E-state index is 0.286. The first kappa shape index (κ1) is 13.9. The predicted octanol–water partition coefficient (Wildman–Crippen LogP) is 2.56. The fraction of sp³-hybridized carbons (Fsp3) is 1.00. The van der Waals surface area contributed by atoms with E-state index < -0.39 is 0 Å². The molecule has 2 nitrogen and oxygen atoms in total. The van der Waals surface area contributed by atoms with Crippen molar-refractivity contribution in [2.24, 2.45) is 5.92 Å². The summed E-state index contributed by atoms with van der Waals surface area (Å²) in [7, 11) is 0. The topological polar surface area (TPSA) is 32.3 Å². The minimum Gasteiger partial charge on any atom is -0.396 e. The zero-order valence-electron chi connectivity index (χ0n) is 10.2. The largest absolute Gasteiger partial charge is 0.396 e. The first-order chi connectivity index (χ1) is 6.63. The minimum atomic E-state index is 0.286. The van der Waals surface area contributed by atoms with Crippen molar-refractivity contribution < 1.29 is 5.11 Å². The van der Waals surface area contributed by atoms with Crippen LogP contribution >= 0.6 is 0 Å². The lowest BCUT2D eigenvalue weighted by atomic mass is 9.97. The molecule has 0 aliphatic heterocycles. The van der Waals surface area contributed by atoms with E-state index in [-0.39, 0.29) is 6.61 Å². The van der Waals surface area contributed by atoms with Crippen LogP contribution in [0.3, 0.4) is 0 Å². The molecular weight excluding hydrogens is 174 g/mol. The molecular formula is C12H27NO. The van der Waals surface area contributed by atoms with E-state index in [9.17, 15) is 0 Å². The summed E-state index contributed by atoms with van der Waals surface area (Å²) < 4.78 is 0. The van der Waals surface area contributed by atoms with Gasteiger partial charge in [-0.1, -0.05) is 27.2 Å². The third-order valence-corrected chi connectivity index (χ3v) is 2.96. The number of aliphatic hydroxyl groups is 1. The number of nitrogens with one attached hydrogen (secondary N) is 1. The molecule has 0 rings (SSSR count). The molecule has 0 bridgehead atoms. The first-order valence-electron chi connectivity index (χ1n) is 6.00. The van der Waals surface area contributed by atoms with Crippen molar-refractivity contribution in [3.8, 4) is 0 Å². The van der Waals surface area contributed by atoms with Gasteiger partial charge in [0.05, 0.1) is 0 Å². The lowest BCUT2D eigenvalue weighted by Gasteiger charge is -2.24. The number of aliphatic hydroxyl groups excluding tert-OH is 1. The van der Waals surface area contributed by atoms with E-state index in [0.29, 0.717) is 12.1 Å². The molecule has 0 amide bonds. The van der Waals surface area contributed by atoms with Gasteiger partial charge in [0, 0.05) is 18.7 Å². The van der Waals surface area contributed by atoms with E-state index in [2.05, 4.69) is 33.0 Å². The molecule has 0 fully saturated rings. The third-order valence-electron chi connectivity index (χ3n) is 2.96. The van der Waals surface area contributed by atoms with Crippen molar-refractivity contribution in [3.63, 3.8) is 0 Å². The second-order valence-corrected chi connectivity index (χ2v) is 4.43. The van der Waals surface area contributed by atoms with Crippen LogP contribution in [-0.2, 0) is 0 Å². The molecule has 0 aromatic rings. The molecule has 0 aromatic carbocycles. The highest BCUT2D eigenvalue weighted by atomic mass is 16.3. The molecule has 0 radical (unpaired) electrons. The van der Waals surface area contributed by atoms with Gasteiger partial charge in [-0.3, -0.25) is 0 Å². The Hall–Kier alpha value is -0.0800. The lowest BCUT2D eigenvalue weighted by Crippen LogP contribution is -2.37. The number of rotatable bonds is 8. The standard InChI is InChI=1S/C12H27NO/c1-5-10(3)9-12(6-2)13-11(4)7-8-14/h10-14H,5-9H2,1-4H3. The van der Waals surface area contributed by atoms with Crippen molar-refractivity contribution in [1.29, 1.82) is 0 Å². The predicted molar refractivity (Wildman–Crippen MR) is 62.5 cm³/mol. The Morgan fingerprint density at radius 2 is 1.79 bits per heavy atom. The quantitative estimate of drug-likeness (QED) is 0.632. The number of hydrogen-bond donors (Lipinski definition) is 2. The zero-order valence-corrected chi connectivity index (χ0v) is 10.2. The molecule has 2 heteroatoms. The monoisotopic (exact) mass is 201 g/mol. The average molecular weight is 201 g/mol. The van der Waals surface area contributed by atoms with Crippen molar-refractivity contribution in [2.45, 2.75) is 65.5 Å². The Kier molecular flexibility index (Phi) is 8.20. The summed E-state index contributed by atoms with van der Waals surface area (Å²) in [4.78, 5) is 0. The summed E-state index contributed by atoms with van der Waals surface area (Å²) in [6.07, 6.45) is 4.55. The van der Waals surface area contributed by atoms with Gasteiger partial charge >= 0.3 is 0 Å². The smallest absolute Gasteiger partial charge is 0.0445 e. The fourth-order valence-corrected chi connectivity index (χ4v) is 1.68. The highest BCUT2D eigenvalue weighted by molar-refractivity contribution is 4.72. The molecule has 0 spiro atoms. The first-order valence-corrected chi connectivity index (χ1v) is 6.00. The van der Waals surface area contributed by atoms with Gasteiger partial charge < -0.3 is 10.4 Å². The van der Waals surface area contributed by atoms with Crippen LogP contribution in [-0.4, -0.2) is 23.8 Å². The fourth-order valence-electron chi connectivity index (χ4n) is 1.68. The van der Waals surface area contributed by atoms with E-state index in [0.717, 1.165) is 12.3 Å². The summed E-state index contributed by atoms with van der Waals surface area (Å²) in [5, 5.41) is 12.4. The van der Waals surface area contributed by atoms with Gasteiger partial charge in [0.2, 0.25) is 0 Å². The van der Waals surface area contributed by atoms with E-state index >= 15 is 0 Å². The summed E-state index contributed by atoms with van der Waals surface area (Å²) in [5.74, 6) is 0.800. The summed E-state index contributed by atoms with van der Waals surface area (Å²) >= 11 is 0. The van der Waals surface area contributed by atoms with E-state index in [1.54, 1.807) is 0 Å². The van der Waals surface area contributed by atoms with Gasteiger partial charge in [0.1, 0.15) is 0 Å². The Labute approximate surface area is 89.1 Å². The van der Waals surface area contributed by atoms with Crippen molar-refractivity contribution in [1.82, 2.24) is 5.32 Å². The normalized spacial score (nSPS) is 17.8. The zero-order chi connectivity index (χ0) is 11.0. The maximum absolute atomic E-state index is 8.81. The molecule has 0 saturated carbocycles. The SMILES string of the molecule is CCC(C)CC(CC)NC(C)CCO. The molecule has 0 saturated heterocycles. The molecule has 0 aliphatic carbocycles. The Balaban J connectivity index is 3.77. The molecule has 14 heavy (non-hydrogen) atoms. The molecule has 3 atom stereocenters. The molecule has 2 N–H and O–H groups in total. The van der Waals surface area contributed by atoms with Gasteiger partial charge in [-0.15, -0.1) is 0 Å². The van der Waals surface area contributed by atoms with Crippen LogP contribution in [0.1, 0.15) is 53.4 Å². The van der Waals surface area contributed by atoms with Crippen LogP contribution in [0.4, 0.5) is 0 Å². The lowest BCUT2D eigenvalue weighted by molar-refractivity contribution is 0.256. The van der Waals surface area contributed by atoms with Crippen LogP contribution in [0.5, 0.6) is 0 Å². The second kappa shape index (κ2) is 8.25. The van der Waals surface area contributed by atoms with E-state index in [1.807, 2.05) is 0 Å². The molecule has 0 aromatic heterocycles. The van der Waals surface area contributed by atoms with Crippen molar-refractivity contribution >= 4 is 0 Å². The van der Waals surface area contributed by atoms with Gasteiger partial charge in [-0.25, -0.2) is 0 Å². The van der Waals surface area contributed by atoms with E-state index in [4.69, 9.17) is 5.11 Å². The summed E-state index contributed by atoms with van der Waals surface area (Å²) in [6, 6.07) is 1.06. The molecule has 86 valence electrons. The van der Waals surface area contributed by atoms with Crippen molar-refractivity contribution in [2.75, 3.05) is 6.61 Å². The highest BCUT2D eigenvalue weighted by Gasteiger charge is 2.12. The molecule has 0 heterocycles. The average Bonchev–Trinajstić information content (AvgIpc) is 2.16. The van der Waals surface area contributed by atoms with Crippen LogP contribution in [0.15, 0.2) is 0 Å². The van der Waals surface area contributed by atoms with Crippen LogP contribution in [0.2, 0.25) is 0 Å². The Morgan fingerprint density at radius 1 is 1.14 bits per heavy atom. The van der Waals surface area contributed by atoms with E-state index in [1.165, 1.54) is 19.3 Å². The second-order valence-electron chi connectivity index (χ2n) is 4.43. The Bertz CT molecular complexity index is 127. The van der Waals surface area contributed by atoms with Crippen LogP contribution in [0, 0.1) is 5.92 Å². The summed E-state index contributed by atoms with van der Waals surface area (Å²) in [6.45, 7) is 9.21. The van der Waals surface area contributed by atoms with Crippen LogP contribution in [0.25, 0.3) is 0 Å². The van der Waals surface area contributed by atoms with Gasteiger partial charge in [0.15, 0.2) is 0 Å². The van der Waals surface area contributed by atoms with Gasteiger partial charge in [0.25, 0.3) is 0 Å². The van der Waals surface area contributed by atoms with Crippen LogP contribution < -0.4 is 5.32 Å². The summed E-state index contributed by atoms with van der Waals surface area (Å²) in [5.41, 5.74) is 0. The maximum atomic E-state index is 8.81. The third kappa shape index (κ3) is 6.39. The van der Waals surface area contributed by atoms with Crippen molar-refractivity contribution in [3.05, 3.63) is 0 Å². The maximum Gasteiger partial charge on any atom is 0.0445 e. The number of hydrogen-bond acceptors (Lipinski definition) is 2. The molecule has 3 unspecified atom stereocenters. The highest BCUT2D eigenvalue weighted by Crippen LogP contribution is 2.12. The van der Waals surface area contributed by atoms with Gasteiger partial charge in [-0.2, -0.15) is 0 Å².